The van der Waals surface area contributed by atoms with Gasteiger partial charge in [-0.25, -0.2) is 0 Å². The second kappa shape index (κ2) is 5.65. The summed E-state index contributed by atoms with van der Waals surface area (Å²) in [5.41, 5.74) is 2.67. The molecule has 6 fully saturated rings. The summed E-state index contributed by atoms with van der Waals surface area (Å²) in [7, 11) is 0. The lowest BCUT2D eigenvalue weighted by Crippen LogP contribution is -2.59. The number of hydrogen-bond donors (Lipinski definition) is 0. The van der Waals surface area contributed by atoms with Gasteiger partial charge >= 0.3 is 0 Å². The van der Waals surface area contributed by atoms with E-state index in [1.807, 2.05) is 0 Å². The summed E-state index contributed by atoms with van der Waals surface area (Å²) < 4.78 is 0. The van der Waals surface area contributed by atoms with Crippen LogP contribution in [0.3, 0.4) is 0 Å². The Hall–Kier alpha value is -0.195. The molecule has 6 saturated carbocycles. The molecule has 0 aromatic heterocycles. The van der Waals surface area contributed by atoms with Crippen molar-refractivity contribution in [1.82, 2.24) is 0 Å². The molecular weight excluding hydrogens is 299 g/mol. The normalized spacial score (nSPS) is 48.9. The van der Waals surface area contributed by atoms with E-state index in [-0.39, 0.29) is 0 Å². The van der Waals surface area contributed by atoms with Crippen molar-refractivity contribution in [3.05, 3.63) is 12.2 Å². The summed E-state index contributed by atoms with van der Waals surface area (Å²) in [5.74, 6) is 7.71. The molecule has 0 nitrogen and oxygen atoms in total. The first-order valence-corrected chi connectivity index (χ1v) is 11.2. The van der Waals surface area contributed by atoms with Gasteiger partial charge in [0.2, 0.25) is 0 Å². The van der Waals surface area contributed by atoms with Crippen molar-refractivity contribution in [3.8, 4) is 0 Å². The molecule has 25 heavy (non-hydrogen) atoms. The lowest BCUT2D eigenvalue weighted by Gasteiger charge is -2.66. The number of rotatable bonds is 4. The van der Waals surface area contributed by atoms with Crippen LogP contribution in [-0.4, -0.2) is 6.71 Å². The van der Waals surface area contributed by atoms with Crippen LogP contribution < -0.4 is 0 Å². The summed E-state index contributed by atoms with van der Waals surface area (Å²) in [5, 5.41) is 0. The van der Waals surface area contributed by atoms with Crippen LogP contribution in [0.5, 0.6) is 0 Å². The minimum absolute atomic E-state index is 0.617. The van der Waals surface area contributed by atoms with E-state index >= 15 is 0 Å². The molecule has 140 valence electrons. The molecule has 0 amide bonds. The van der Waals surface area contributed by atoms with Gasteiger partial charge in [-0.1, -0.05) is 77.9 Å². The zero-order valence-electron chi connectivity index (χ0n) is 17.9. The zero-order chi connectivity index (χ0) is 18.3. The van der Waals surface area contributed by atoms with Crippen molar-refractivity contribution in [2.75, 3.05) is 0 Å². The maximum Gasteiger partial charge on any atom is 0.151 e. The van der Waals surface area contributed by atoms with E-state index in [4.69, 9.17) is 0 Å². The van der Waals surface area contributed by atoms with Crippen LogP contribution in [0.1, 0.15) is 74.1 Å². The predicted octanol–water partition coefficient (Wildman–Crippen LogP) is 7.20. The fourth-order valence-corrected chi connectivity index (χ4v) is 8.53. The fraction of sp³-hybridized carbons (Fsp3) is 0.917. The molecule has 6 aliphatic carbocycles. The first-order valence-electron chi connectivity index (χ1n) is 11.2. The SMILES string of the molecule is C=C(C)CB([C@H]1C[C@H]2C[C@@H]([C@@H]1C)C2(C)C)[C@H]1C[C@H]2C[C@@H]([C@@H]1C)C2(C)C. The third-order valence-corrected chi connectivity index (χ3v) is 10.5. The first-order chi connectivity index (χ1) is 11.5. The molecule has 0 aliphatic heterocycles. The van der Waals surface area contributed by atoms with Crippen LogP contribution in [0, 0.1) is 46.3 Å². The van der Waals surface area contributed by atoms with Crippen molar-refractivity contribution >= 4 is 6.71 Å². The molecule has 6 rings (SSSR count). The second-order valence-electron chi connectivity index (χ2n) is 12.1. The average molecular weight is 340 g/mol. The minimum Gasteiger partial charge on any atom is -0.101 e. The monoisotopic (exact) mass is 340 g/mol. The maximum atomic E-state index is 4.35. The largest absolute Gasteiger partial charge is 0.151 e. The molecule has 4 bridgehead atoms. The van der Waals surface area contributed by atoms with Crippen LogP contribution >= 0.6 is 0 Å². The summed E-state index contributed by atoms with van der Waals surface area (Å²) >= 11 is 0. The van der Waals surface area contributed by atoms with Gasteiger partial charge in [0, 0.05) is 0 Å². The molecule has 0 radical (unpaired) electrons. The van der Waals surface area contributed by atoms with Gasteiger partial charge in [0.05, 0.1) is 0 Å². The van der Waals surface area contributed by atoms with Crippen molar-refractivity contribution in [3.63, 3.8) is 0 Å². The van der Waals surface area contributed by atoms with Crippen LogP contribution in [0.25, 0.3) is 0 Å². The summed E-state index contributed by atoms with van der Waals surface area (Å²) in [6.07, 6.45) is 7.34. The van der Waals surface area contributed by atoms with Gasteiger partial charge in [-0.3, -0.25) is 0 Å². The molecule has 1 heteroatoms. The molecule has 6 aliphatic rings. The molecular formula is C24H41B. The van der Waals surface area contributed by atoms with Crippen LogP contribution in [0.2, 0.25) is 18.0 Å². The standard InChI is InChI=1S/C24H41B/c1-14(2)13-25(21-11-17-9-19(15(21)3)23(17,5)6)22-12-18-10-20(16(22)4)24(18,7)8/h15-22H,1,9-13H2,2-8H3/t15-,16-,17+,18+,19-,20-,21-,22-/m0/s1. The lowest BCUT2D eigenvalue weighted by molar-refractivity contribution is -0.107. The van der Waals surface area contributed by atoms with Crippen LogP contribution in [-0.2, 0) is 0 Å². The van der Waals surface area contributed by atoms with Gasteiger partial charge in [0.25, 0.3) is 0 Å². The van der Waals surface area contributed by atoms with E-state index in [1.165, 1.54) is 37.6 Å². The number of hydrogen-bond acceptors (Lipinski definition) is 0. The highest BCUT2D eigenvalue weighted by Crippen LogP contribution is 2.69. The highest BCUT2D eigenvalue weighted by molar-refractivity contribution is 6.63. The predicted molar refractivity (Wildman–Crippen MR) is 111 cm³/mol. The highest BCUT2D eigenvalue weighted by Gasteiger charge is 2.62. The van der Waals surface area contributed by atoms with Crippen LogP contribution in [0.15, 0.2) is 12.2 Å². The number of allylic oxidation sites excluding steroid dienone is 1. The second-order valence-corrected chi connectivity index (χ2v) is 12.1. The van der Waals surface area contributed by atoms with Crippen molar-refractivity contribution in [1.29, 1.82) is 0 Å². The molecule has 0 spiro atoms. The summed E-state index contributed by atoms with van der Waals surface area (Å²) in [6.45, 7) is 23.0. The van der Waals surface area contributed by atoms with Crippen molar-refractivity contribution < 1.29 is 0 Å². The lowest BCUT2D eigenvalue weighted by atomic mass is 9.20. The Balaban J connectivity index is 1.57. The van der Waals surface area contributed by atoms with Crippen LogP contribution in [0.4, 0.5) is 0 Å². The smallest absolute Gasteiger partial charge is 0.101 e. The minimum atomic E-state index is 0.617. The topological polar surface area (TPSA) is 0 Å². The fourth-order valence-electron chi connectivity index (χ4n) is 8.53. The molecule has 0 heterocycles. The van der Waals surface area contributed by atoms with E-state index < -0.39 is 0 Å². The molecule has 0 N–H and O–H groups in total. The quantitative estimate of drug-likeness (QED) is 0.375. The first kappa shape index (κ1) is 18.2. The molecule has 8 atom stereocenters. The van der Waals surface area contributed by atoms with Gasteiger partial charge < -0.3 is 0 Å². The number of fused-ring (bicyclic) bond motifs is 4. The van der Waals surface area contributed by atoms with Gasteiger partial charge in [0.15, 0.2) is 6.71 Å². The van der Waals surface area contributed by atoms with E-state index in [1.54, 1.807) is 0 Å². The third-order valence-electron chi connectivity index (χ3n) is 10.5. The van der Waals surface area contributed by atoms with Crippen molar-refractivity contribution in [2.24, 2.45) is 46.3 Å². The molecule has 0 unspecified atom stereocenters. The van der Waals surface area contributed by atoms with Gasteiger partial charge in [-0.15, -0.1) is 6.58 Å². The molecule has 0 aromatic carbocycles. The third kappa shape index (κ3) is 2.46. The zero-order valence-corrected chi connectivity index (χ0v) is 17.9. The Labute approximate surface area is 157 Å². The van der Waals surface area contributed by atoms with E-state index in [0.29, 0.717) is 10.8 Å². The highest BCUT2D eigenvalue weighted by atomic mass is 14.6. The van der Waals surface area contributed by atoms with E-state index in [2.05, 4.69) is 55.0 Å². The Kier molecular flexibility index (Phi) is 4.11. The van der Waals surface area contributed by atoms with E-state index in [9.17, 15) is 0 Å². The maximum absolute atomic E-state index is 4.35. The van der Waals surface area contributed by atoms with E-state index in [0.717, 1.165) is 53.9 Å². The van der Waals surface area contributed by atoms with Crippen molar-refractivity contribution in [2.45, 2.75) is 92.1 Å². The Morgan fingerprint density at radius 2 is 1.24 bits per heavy atom. The van der Waals surface area contributed by atoms with Gasteiger partial charge in [0.1, 0.15) is 0 Å². The summed E-state index contributed by atoms with van der Waals surface area (Å²) in [6, 6.07) is 0. The molecule has 0 saturated heterocycles. The van der Waals surface area contributed by atoms with Gasteiger partial charge in [-0.2, -0.15) is 0 Å². The van der Waals surface area contributed by atoms with Gasteiger partial charge in [-0.05, 0) is 66.1 Å². The Bertz CT molecular complexity index is 516. The average Bonchev–Trinajstić information content (AvgIpc) is 2.52. The molecule has 0 aromatic rings. The Morgan fingerprint density at radius 3 is 1.52 bits per heavy atom. The summed E-state index contributed by atoms with van der Waals surface area (Å²) in [4.78, 5) is 0. The Morgan fingerprint density at radius 1 is 0.840 bits per heavy atom.